The van der Waals surface area contributed by atoms with Crippen LogP contribution in [-0.4, -0.2) is 0 Å². The van der Waals surface area contributed by atoms with Crippen molar-refractivity contribution in [3.05, 3.63) is 145 Å². The first-order valence-corrected chi connectivity index (χ1v) is 14.7. The van der Waals surface area contributed by atoms with Gasteiger partial charge in [0.1, 0.15) is 0 Å². The maximum atomic E-state index is 2.39. The van der Waals surface area contributed by atoms with E-state index in [1.807, 2.05) is 0 Å². The van der Waals surface area contributed by atoms with Crippen molar-refractivity contribution in [2.45, 2.75) is 34.1 Å². The number of benzene rings is 7. The van der Waals surface area contributed by atoms with E-state index in [9.17, 15) is 0 Å². The van der Waals surface area contributed by atoms with Crippen LogP contribution in [0.5, 0.6) is 0 Å². The maximum absolute atomic E-state index is 2.39. The van der Waals surface area contributed by atoms with Crippen LogP contribution < -0.4 is 0 Å². The largest absolute Gasteiger partial charge is 0.0656 e. The summed E-state index contributed by atoms with van der Waals surface area (Å²) in [6, 6.07) is 48.9. The van der Waals surface area contributed by atoms with E-state index < -0.39 is 0 Å². The van der Waals surface area contributed by atoms with Gasteiger partial charge >= 0.3 is 0 Å². The van der Waals surface area contributed by atoms with Crippen LogP contribution in [0.4, 0.5) is 0 Å². The van der Waals surface area contributed by atoms with Crippen LogP contribution in [0.3, 0.4) is 0 Å². The minimum atomic E-state index is 1.25. The van der Waals surface area contributed by atoms with E-state index in [-0.39, 0.29) is 0 Å². The molecule has 0 aliphatic carbocycles. The highest BCUT2D eigenvalue weighted by atomic mass is 14.2. The third kappa shape index (κ3) is 4.92. The summed E-state index contributed by atoms with van der Waals surface area (Å²) in [6.07, 6.45) is 1.25. The van der Waals surface area contributed by atoms with Gasteiger partial charge < -0.3 is 0 Å². The average Bonchev–Trinajstić information content (AvgIpc) is 3.01. The van der Waals surface area contributed by atoms with Crippen LogP contribution in [0, 0.1) is 13.8 Å². The lowest BCUT2D eigenvalue weighted by Crippen LogP contribution is -1.93. The predicted molar refractivity (Wildman–Crippen MR) is 181 cm³/mol. The van der Waals surface area contributed by atoms with Crippen LogP contribution in [-0.2, 0) is 0 Å². The van der Waals surface area contributed by atoms with Crippen molar-refractivity contribution >= 4 is 32.3 Å². The molecule has 0 atom stereocenters. The highest BCUT2D eigenvalue weighted by Gasteiger charge is 2.17. The summed E-state index contributed by atoms with van der Waals surface area (Å²) in [6.45, 7) is 8.66. The number of fused-ring (bicyclic) bond motifs is 3. The Morgan fingerprint density at radius 1 is 0.390 bits per heavy atom. The van der Waals surface area contributed by atoms with Crippen molar-refractivity contribution in [2.24, 2.45) is 0 Å². The summed E-state index contributed by atoms with van der Waals surface area (Å²) in [5.41, 5.74) is 10.3. The Kier molecular flexibility index (Phi) is 7.40. The topological polar surface area (TPSA) is 0 Å². The van der Waals surface area contributed by atoms with E-state index in [0.717, 1.165) is 0 Å². The van der Waals surface area contributed by atoms with Crippen molar-refractivity contribution < 1.29 is 0 Å². The van der Waals surface area contributed by atoms with Gasteiger partial charge in [0.05, 0.1) is 0 Å². The second-order valence-corrected chi connectivity index (χ2v) is 11.0. The molecule has 0 amide bonds. The molecule has 0 fully saturated rings. The van der Waals surface area contributed by atoms with E-state index in [1.165, 1.54) is 83.2 Å². The molecule has 0 heterocycles. The molecule has 41 heavy (non-hydrogen) atoms. The Morgan fingerprint density at radius 2 is 0.829 bits per heavy atom. The van der Waals surface area contributed by atoms with Crippen LogP contribution in [0.15, 0.2) is 133 Å². The first-order chi connectivity index (χ1) is 20.1. The molecule has 0 N–H and O–H groups in total. The molecule has 0 unspecified atom stereocenters. The smallest absolute Gasteiger partial charge is 0.00262 e. The van der Waals surface area contributed by atoms with Crippen LogP contribution in [0.25, 0.3) is 65.7 Å². The Morgan fingerprint density at radius 3 is 1.41 bits per heavy atom. The summed E-state index contributed by atoms with van der Waals surface area (Å²) >= 11 is 0. The standard InChI is InChI=1S/C38H28.C3H8/c1-25-11-3-6-14-31(25)36-24-30(20-19-26(36)2)38-34-17-9-7-15-32(34)37(33-16-8-10-18-35(33)38)29-22-21-27-12-4-5-13-28(27)23-29;1-3-2/h3-24H,1-2H3;3H2,1-2H3. The molecular weight excluding hydrogens is 492 g/mol. The van der Waals surface area contributed by atoms with Gasteiger partial charge in [-0.1, -0.05) is 142 Å². The van der Waals surface area contributed by atoms with Gasteiger partial charge in [-0.3, -0.25) is 0 Å². The van der Waals surface area contributed by atoms with Crippen molar-refractivity contribution in [3.63, 3.8) is 0 Å². The monoisotopic (exact) mass is 528 g/mol. The number of hydrogen-bond donors (Lipinski definition) is 0. The van der Waals surface area contributed by atoms with Crippen molar-refractivity contribution in [2.75, 3.05) is 0 Å². The molecule has 0 heteroatoms. The van der Waals surface area contributed by atoms with Gasteiger partial charge in [-0.15, -0.1) is 0 Å². The fraction of sp³-hybridized carbons (Fsp3) is 0.122. The molecule has 0 saturated heterocycles. The molecule has 7 aromatic rings. The molecule has 0 aliphatic heterocycles. The molecule has 0 spiro atoms. The zero-order valence-electron chi connectivity index (χ0n) is 24.4. The van der Waals surface area contributed by atoms with Gasteiger partial charge in [-0.2, -0.15) is 0 Å². The molecule has 0 aliphatic rings. The third-order valence-corrected chi connectivity index (χ3v) is 7.93. The minimum absolute atomic E-state index is 1.25. The summed E-state index contributed by atoms with van der Waals surface area (Å²) in [5, 5.41) is 7.68. The lowest BCUT2D eigenvalue weighted by Gasteiger charge is -2.19. The Labute approximate surface area is 243 Å². The van der Waals surface area contributed by atoms with E-state index in [0.29, 0.717) is 0 Å². The van der Waals surface area contributed by atoms with Crippen LogP contribution in [0.2, 0.25) is 0 Å². The molecule has 7 rings (SSSR count). The Bertz CT molecular complexity index is 1950. The molecule has 0 radical (unpaired) electrons. The average molecular weight is 529 g/mol. The van der Waals surface area contributed by atoms with Crippen molar-refractivity contribution in [1.82, 2.24) is 0 Å². The summed E-state index contributed by atoms with van der Waals surface area (Å²) < 4.78 is 0. The number of aryl methyl sites for hydroxylation is 2. The number of hydrogen-bond acceptors (Lipinski definition) is 0. The Balaban J connectivity index is 0.000000967. The lowest BCUT2D eigenvalue weighted by molar-refractivity contribution is 1.09. The predicted octanol–water partition coefficient (Wildman–Crippen LogP) is 12.2. The van der Waals surface area contributed by atoms with Crippen LogP contribution >= 0.6 is 0 Å². The first-order valence-electron chi connectivity index (χ1n) is 14.7. The van der Waals surface area contributed by atoms with Crippen molar-refractivity contribution in [3.8, 4) is 33.4 Å². The third-order valence-electron chi connectivity index (χ3n) is 7.93. The quantitative estimate of drug-likeness (QED) is 0.200. The maximum Gasteiger partial charge on any atom is -0.00262 e. The first kappa shape index (κ1) is 26.5. The zero-order valence-corrected chi connectivity index (χ0v) is 24.4. The zero-order chi connectivity index (χ0) is 28.3. The van der Waals surface area contributed by atoms with E-state index in [1.54, 1.807) is 0 Å². The lowest BCUT2D eigenvalue weighted by atomic mass is 9.84. The van der Waals surface area contributed by atoms with Crippen molar-refractivity contribution in [1.29, 1.82) is 0 Å². The summed E-state index contributed by atoms with van der Waals surface area (Å²) in [4.78, 5) is 0. The van der Waals surface area contributed by atoms with E-state index >= 15 is 0 Å². The van der Waals surface area contributed by atoms with E-state index in [2.05, 4.69) is 161 Å². The molecule has 0 nitrogen and oxygen atoms in total. The van der Waals surface area contributed by atoms with E-state index in [4.69, 9.17) is 0 Å². The molecule has 0 aromatic heterocycles. The second-order valence-electron chi connectivity index (χ2n) is 11.0. The fourth-order valence-electron chi connectivity index (χ4n) is 6.04. The fourth-order valence-corrected chi connectivity index (χ4v) is 6.04. The van der Waals surface area contributed by atoms with Gasteiger partial charge in [0.25, 0.3) is 0 Å². The molecular formula is C41H36. The highest BCUT2D eigenvalue weighted by Crippen LogP contribution is 2.45. The summed E-state index contributed by atoms with van der Waals surface area (Å²) in [7, 11) is 0. The highest BCUT2D eigenvalue weighted by molar-refractivity contribution is 6.21. The second kappa shape index (κ2) is 11.4. The minimum Gasteiger partial charge on any atom is -0.0656 e. The summed E-state index contributed by atoms with van der Waals surface area (Å²) in [5.74, 6) is 0. The number of rotatable bonds is 3. The molecule has 0 saturated carbocycles. The van der Waals surface area contributed by atoms with Gasteiger partial charge in [0.15, 0.2) is 0 Å². The Hall–Kier alpha value is -4.68. The normalized spacial score (nSPS) is 11.0. The molecule has 0 bridgehead atoms. The molecule has 200 valence electrons. The van der Waals surface area contributed by atoms with Crippen LogP contribution in [0.1, 0.15) is 31.4 Å². The van der Waals surface area contributed by atoms with Gasteiger partial charge in [-0.25, -0.2) is 0 Å². The SMILES string of the molecule is CCC.Cc1ccccc1-c1cc(-c2c3ccccc3c(-c3ccc4ccccc4c3)c3ccccc23)ccc1C. The molecule has 7 aromatic carbocycles. The van der Waals surface area contributed by atoms with Gasteiger partial charge in [0.2, 0.25) is 0 Å². The van der Waals surface area contributed by atoms with Gasteiger partial charge in [0, 0.05) is 0 Å². The van der Waals surface area contributed by atoms with Gasteiger partial charge in [-0.05, 0) is 103 Å².